The number of aryl methyl sites for hydroxylation is 1. The molecule has 1 N–H and O–H groups in total. The van der Waals surface area contributed by atoms with E-state index in [0.717, 1.165) is 48.1 Å². The van der Waals surface area contributed by atoms with Gasteiger partial charge in [0.25, 0.3) is 0 Å². The molecule has 1 atom stereocenters. The third-order valence-electron chi connectivity index (χ3n) is 4.72. The SMILES string of the molecule is CCCC(=O)NC1CCCN(c2cc(C)nc3ccc(OC(F)F)cc23)C1. The fourth-order valence-electron chi connectivity index (χ4n) is 3.59. The Morgan fingerprint density at radius 2 is 2.22 bits per heavy atom. The molecule has 1 saturated heterocycles. The molecule has 1 aromatic heterocycles. The van der Waals surface area contributed by atoms with Crippen LogP contribution in [-0.2, 0) is 4.79 Å². The molecule has 3 rings (SSSR count). The lowest BCUT2D eigenvalue weighted by Gasteiger charge is -2.35. The van der Waals surface area contributed by atoms with E-state index in [1.54, 1.807) is 12.1 Å². The Morgan fingerprint density at radius 1 is 1.41 bits per heavy atom. The third-order valence-corrected chi connectivity index (χ3v) is 4.72. The zero-order valence-electron chi connectivity index (χ0n) is 15.7. The molecule has 7 heteroatoms. The van der Waals surface area contributed by atoms with Gasteiger partial charge in [-0.25, -0.2) is 0 Å². The lowest BCUT2D eigenvalue weighted by molar-refractivity contribution is -0.121. The van der Waals surface area contributed by atoms with E-state index in [9.17, 15) is 13.6 Å². The molecule has 1 fully saturated rings. The summed E-state index contributed by atoms with van der Waals surface area (Å²) in [5, 5.41) is 3.88. The molecule has 1 aliphatic heterocycles. The van der Waals surface area contributed by atoms with Crippen molar-refractivity contribution < 1.29 is 18.3 Å². The Morgan fingerprint density at radius 3 is 2.96 bits per heavy atom. The van der Waals surface area contributed by atoms with Crippen molar-refractivity contribution in [1.82, 2.24) is 10.3 Å². The van der Waals surface area contributed by atoms with Gasteiger partial charge in [-0.3, -0.25) is 9.78 Å². The number of carbonyl (C=O) groups is 1. The summed E-state index contributed by atoms with van der Waals surface area (Å²) in [7, 11) is 0. The number of alkyl halides is 2. The summed E-state index contributed by atoms with van der Waals surface area (Å²) in [4.78, 5) is 18.6. The number of nitrogens with zero attached hydrogens (tertiary/aromatic N) is 2. The molecule has 1 unspecified atom stereocenters. The summed E-state index contributed by atoms with van der Waals surface area (Å²) in [6, 6.07) is 6.87. The molecule has 1 amide bonds. The first-order valence-electron chi connectivity index (χ1n) is 9.36. The van der Waals surface area contributed by atoms with Gasteiger partial charge in [-0.05, 0) is 50.5 Å². The van der Waals surface area contributed by atoms with Crippen molar-refractivity contribution in [3.63, 3.8) is 0 Å². The number of hydrogen-bond donors (Lipinski definition) is 1. The smallest absolute Gasteiger partial charge is 0.387 e. The van der Waals surface area contributed by atoms with E-state index in [1.807, 2.05) is 19.9 Å². The van der Waals surface area contributed by atoms with Crippen LogP contribution in [0, 0.1) is 6.92 Å². The molecule has 2 aromatic rings. The highest BCUT2D eigenvalue weighted by Crippen LogP contribution is 2.32. The number of anilines is 1. The van der Waals surface area contributed by atoms with Crippen molar-refractivity contribution >= 4 is 22.5 Å². The molecular weight excluding hydrogens is 352 g/mol. The highest BCUT2D eigenvalue weighted by Gasteiger charge is 2.23. The quantitative estimate of drug-likeness (QED) is 0.826. The second-order valence-corrected chi connectivity index (χ2v) is 6.94. The molecule has 0 saturated carbocycles. The van der Waals surface area contributed by atoms with Crippen molar-refractivity contribution in [3.05, 3.63) is 30.0 Å². The van der Waals surface area contributed by atoms with Crippen molar-refractivity contribution in [3.8, 4) is 5.75 Å². The van der Waals surface area contributed by atoms with Gasteiger partial charge in [-0.15, -0.1) is 0 Å². The lowest BCUT2D eigenvalue weighted by Crippen LogP contribution is -2.47. The van der Waals surface area contributed by atoms with E-state index in [0.29, 0.717) is 13.0 Å². The van der Waals surface area contributed by atoms with E-state index in [2.05, 4.69) is 19.9 Å². The van der Waals surface area contributed by atoms with Gasteiger partial charge in [0.1, 0.15) is 5.75 Å². The Balaban J connectivity index is 1.88. The third kappa shape index (κ3) is 4.84. The van der Waals surface area contributed by atoms with E-state index < -0.39 is 6.61 Å². The Bertz CT molecular complexity index is 813. The van der Waals surface area contributed by atoms with Gasteiger partial charge in [0.15, 0.2) is 0 Å². The Labute approximate surface area is 157 Å². The van der Waals surface area contributed by atoms with Crippen LogP contribution in [0.4, 0.5) is 14.5 Å². The van der Waals surface area contributed by atoms with Crippen LogP contribution in [0.2, 0.25) is 0 Å². The van der Waals surface area contributed by atoms with Gasteiger partial charge in [0.05, 0.1) is 5.52 Å². The standard InChI is InChI=1S/C20H25F2N3O2/c1-3-5-19(26)24-14-6-4-9-25(12-14)18-10-13(2)23-17-8-7-15(11-16(17)18)27-20(21)22/h7-8,10-11,14,20H,3-6,9,12H2,1-2H3,(H,24,26). The summed E-state index contributed by atoms with van der Waals surface area (Å²) in [6.07, 6.45) is 3.24. The number of ether oxygens (including phenoxy) is 1. The van der Waals surface area contributed by atoms with Gasteiger partial charge in [-0.1, -0.05) is 6.92 Å². The number of pyridine rings is 1. The van der Waals surface area contributed by atoms with Crippen molar-refractivity contribution in [2.24, 2.45) is 0 Å². The van der Waals surface area contributed by atoms with E-state index in [4.69, 9.17) is 0 Å². The fraction of sp³-hybridized carbons (Fsp3) is 0.500. The van der Waals surface area contributed by atoms with Crippen LogP contribution in [0.5, 0.6) is 5.75 Å². The number of piperidine rings is 1. The first-order valence-corrected chi connectivity index (χ1v) is 9.36. The Hall–Kier alpha value is -2.44. The average molecular weight is 377 g/mol. The minimum Gasteiger partial charge on any atom is -0.435 e. The Kier molecular flexibility index (Phi) is 6.08. The molecule has 1 aromatic carbocycles. The molecule has 27 heavy (non-hydrogen) atoms. The molecule has 0 spiro atoms. The molecular formula is C20H25F2N3O2. The summed E-state index contributed by atoms with van der Waals surface area (Å²) in [5.74, 6) is 0.196. The topological polar surface area (TPSA) is 54.5 Å². The number of carbonyl (C=O) groups excluding carboxylic acids is 1. The maximum atomic E-state index is 12.6. The number of hydrogen-bond acceptors (Lipinski definition) is 4. The monoisotopic (exact) mass is 377 g/mol. The highest BCUT2D eigenvalue weighted by atomic mass is 19.3. The molecule has 1 aliphatic rings. The lowest BCUT2D eigenvalue weighted by atomic mass is 10.0. The number of rotatable bonds is 6. The molecule has 0 radical (unpaired) electrons. The van der Waals surface area contributed by atoms with E-state index in [-0.39, 0.29) is 17.7 Å². The fourth-order valence-corrected chi connectivity index (χ4v) is 3.59. The number of halogens is 2. The van der Waals surface area contributed by atoms with Crippen LogP contribution < -0.4 is 15.0 Å². The number of nitrogens with one attached hydrogen (secondary N) is 1. The summed E-state index contributed by atoms with van der Waals surface area (Å²) < 4.78 is 29.7. The minimum atomic E-state index is -2.86. The first kappa shape index (κ1) is 19.3. The van der Waals surface area contributed by atoms with Gasteiger partial charge < -0.3 is 15.0 Å². The van der Waals surface area contributed by atoms with Crippen LogP contribution >= 0.6 is 0 Å². The summed E-state index contributed by atoms with van der Waals surface area (Å²) in [5.41, 5.74) is 2.53. The maximum Gasteiger partial charge on any atom is 0.387 e. The minimum absolute atomic E-state index is 0.0766. The van der Waals surface area contributed by atoms with Crippen molar-refractivity contribution in [2.45, 2.75) is 52.2 Å². The van der Waals surface area contributed by atoms with Crippen LogP contribution in [0.15, 0.2) is 24.3 Å². The number of aromatic nitrogens is 1. The van der Waals surface area contributed by atoms with Crippen LogP contribution in [-0.4, -0.2) is 36.6 Å². The predicted molar refractivity (Wildman–Crippen MR) is 101 cm³/mol. The highest BCUT2D eigenvalue weighted by molar-refractivity contribution is 5.93. The van der Waals surface area contributed by atoms with Gasteiger partial charge >= 0.3 is 6.61 Å². The molecule has 5 nitrogen and oxygen atoms in total. The zero-order valence-corrected chi connectivity index (χ0v) is 15.7. The van der Waals surface area contributed by atoms with Gasteiger partial charge in [0, 0.05) is 42.3 Å². The molecule has 2 heterocycles. The van der Waals surface area contributed by atoms with Gasteiger partial charge in [-0.2, -0.15) is 8.78 Å². The number of fused-ring (bicyclic) bond motifs is 1. The second kappa shape index (κ2) is 8.50. The summed E-state index contributed by atoms with van der Waals surface area (Å²) >= 11 is 0. The predicted octanol–water partition coefficient (Wildman–Crippen LogP) is 4.03. The van der Waals surface area contributed by atoms with Crippen LogP contribution in [0.25, 0.3) is 10.9 Å². The molecule has 0 bridgehead atoms. The second-order valence-electron chi connectivity index (χ2n) is 6.94. The average Bonchev–Trinajstić information content (AvgIpc) is 2.61. The number of benzene rings is 1. The molecule has 0 aliphatic carbocycles. The van der Waals surface area contributed by atoms with Crippen LogP contribution in [0.1, 0.15) is 38.3 Å². The largest absolute Gasteiger partial charge is 0.435 e. The first-order chi connectivity index (χ1) is 13.0. The summed E-state index contributed by atoms with van der Waals surface area (Å²) in [6.45, 7) is 2.57. The van der Waals surface area contributed by atoms with Crippen LogP contribution in [0.3, 0.4) is 0 Å². The van der Waals surface area contributed by atoms with Crippen molar-refractivity contribution in [1.29, 1.82) is 0 Å². The number of amides is 1. The van der Waals surface area contributed by atoms with E-state index >= 15 is 0 Å². The van der Waals surface area contributed by atoms with E-state index in [1.165, 1.54) is 6.07 Å². The van der Waals surface area contributed by atoms with Gasteiger partial charge in [0.2, 0.25) is 5.91 Å². The van der Waals surface area contributed by atoms with Crippen molar-refractivity contribution in [2.75, 3.05) is 18.0 Å². The zero-order chi connectivity index (χ0) is 19.4. The normalized spacial score (nSPS) is 17.4. The molecule has 146 valence electrons. The maximum absolute atomic E-state index is 12.6.